The second kappa shape index (κ2) is 8.31. The van der Waals surface area contributed by atoms with Crippen molar-refractivity contribution in [2.75, 3.05) is 39.9 Å². The molecule has 0 spiro atoms. The van der Waals surface area contributed by atoms with Crippen LogP contribution < -0.4 is 5.32 Å². The average Bonchev–Trinajstić information content (AvgIpc) is 2.78. The molecule has 1 rings (SSSR count). The van der Waals surface area contributed by atoms with E-state index in [4.69, 9.17) is 27.9 Å². The molecule has 0 saturated carbocycles. The number of ether oxygens (including phenoxy) is 1. The zero-order valence-electron chi connectivity index (χ0n) is 9.72. The summed E-state index contributed by atoms with van der Waals surface area (Å²) in [6, 6.07) is 0.580. The largest absolute Gasteiger partial charge is 0.383 e. The molecule has 3 nitrogen and oxygen atoms in total. The van der Waals surface area contributed by atoms with E-state index in [1.807, 2.05) is 0 Å². The second-order valence-corrected chi connectivity index (χ2v) is 4.78. The smallest absolute Gasteiger partial charge is 0.0589 e. The van der Waals surface area contributed by atoms with E-state index in [0.717, 1.165) is 26.2 Å². The summed E-state index contributed by atoms with van der Waals surface area (Å²) in [5.41, 5.74) is 1.43. The fourth-order valence-corrected chi connectivity index (χ4v) is 2.17. The number of halogens is 2. The molecule has 1 heterocycles. The van der Waals surface area contributed by atoms with Gasteiger partial charge in [0.25, 0.3) is 0 Å². The first kappa shape index (κ1) is 14.3. The van der Waals surface area contributed by atoms with E-state index in [2.05, 4.69) is 10.2 Å². The third kappa shape index (κ3) is 5.51. The molecule has 0 aromatic rings. The lowest BCUT2D eigenvalue weighted by Crippen LogP contribution is -2.39. The van der Waals surface area contributed by atoms with Crippen LogP contribution in [0, 0.1) is 0 Å². The molecule has 16 heavy (non-hydrogen) atoms. The lowest BCUT2D eigenvalue weighted by molar-refractivity contribution is 0.148. The van der Waals surface area contributed by atoms with Crippen LogP contribution in [-0.4, -0.2) is 50.8 Å². The molecular formula is C11H20Cl2N2O. The quantitative estimate of drug-likeness (QED) is 0.763. The molecule has 0 bridgehead atoms. The number of hydrogen-bond acceptors (Lipinski definition) is 3. The molecule has 0 aromatic heterocycles. The molecule has 1 fully saturated rings. The Bertz CT molecular complexity index is 218. The van der Waals surface area contributed by atoms with Gasteiger partial charge in [-0.15, -0.1) is 0 Å². The first-order valence-electron chi connectivity index (χ1n) is 5.65. The van der Waals surface area contributed by atoms with Gasteiger partial charge < -0.3 is 10.1 Å². The Morgan fingerprint density at radius 3 is 3.00 bits per heavy atom. The van der Waals surface area contributed by atoms with E-state index in [-0.39, 0.29) is 0 Å². The van der Waals surface area contributed by atoms with Crippen molar-refractivity contribution in [1.82, 2.24) is 10.2 Å². The minimum atomic E-state index is 0.580. The molecule has 1 saturated heterocycles. The number of nitrogens with one attached hydrogen (secondary N) is 1. The van der Waals surface area contributed by atoms with Crippen molar-refractivity contribution in [3.05, 3.63) is 10.6 Å². The molecule has 94 valence electrons. The van der Waals surface area contributed by atoms with Crippen LogP contribution in [0.15, 0.2) is 10.6 Å². The van der Waals surface area contributed by atoms with Crippen molar-refractivity contribution in [2.24, 2.45) is 0 Å². The highest BCUT2D eigenvalue weighted by atomic mass is 35.5. The Hall–Kier alpha value is 0.200. The average molecular weight is 267 g/mol. The van der Waals surface area contributed by atoms with Crippen molar-refractivity contribution in [1.29, 1.82) is 0 Å². The van der Waals surface area contributed by atoms with Crippen LogP contribution >= 0.6 is 23.2 Å². The van der Waals surface area contributed by atoms with E-state index >= 15 is 0 Å². The first-order valence-corrected chi connectivity index (χ1v) is 6.47. The van der Waals surface area contributed by atoms with Crippen LogP contribution in [0.3, 0.4) is 0 Å². The van der Waals surface area contributed by atoms with Gasteiger partial charge in [-0.2, -0.15) is 0 Å². The van der Waals surface area contributed by atoms with E-state index < -0.39 is 0 Å². The van der Waals surface area contributed by atoms with Gasteiger partial charge in [0.15, 0.2) is 0 Å². The Morgan fingerprint density at radius 2 is 2.44 bits per heavy atom. The molecule has 0 amide bonds. The maximum absolute atomic E-state index is 5.95. The standard InChI is InChI=1S/C11H20Cl2N2O/c1-16-6-5-15(8-10(13)7-12)9-11-3-2-4-14-11/h7,11,14H,2-6,8-9H2,1H3. The Balaban J connectivity index is 2.35. The fraction of sp³-hybridized carbons (Fsp3) is 0.818. The van der Waals surface area contributed by atoms with Crippen LogP contribution in [0.25, 0.3) is 0 Å². The monoisotopic (exact) mass is 266 g/mol. The van der Waals surface area contributed by atoms with Gasteiger partial charge in [-0.25, -0.2) is 0 Å². The van der Waals surface area contributed by atoms with Crippen LogP contribution in [0.5, 0.6) is 0 Å². The Morgan fingerprint density at radius 1 is 1.62 bits per heavy atom. The summed E-state index contributed by atoms with van der Waals surface area (Å²) in [4.78, 5) is 2.27. The summed E-state index contributed by atoms with van der Waals surface area (Å²) in [7, 11) is 1.71. The Labute approximate surface area is 108 Å². The zero-order valence-corrected chi connectivity index (χ0v) is 11.2. The van der Waals surface area contributed by atoms with E-state index in [1.165, 1.54) is 18.4 Å². The van der Waals surface area contributed by atoms with E-state index in [0.29, 0.717) is 17.6 Å². The summed E-state index contributed by atoms with van der Waals surface area (Å²) in [6.07, 6.45) is 2.51. The van der Waals surface area contributed by atoms with Crippen molar-refractivity contribution in [2.45, 2.75) is 18.9 Å². The fourth-order valence-electron chi connectivity index (χ4n) is 1.93. The van der Waals surface area contributed by atoms with Gasteiger partial charge in [-0.05, 0) is 19.4 Å². The molecule has 5 heteroatoms. The predicted molar refractivity (Wildman–Crippen MR) is 69.1 cm³/mol. The number of rotatable bonds is 7. The van der Waals surface area contributed by atoms with Gasteiger partial charge in [0, 0.05) is 43.4 Å². The molecule has 0 aliphatic carbocycles. The lowest BCUT2D eigenvalue weighted by atomic mass is 10.2. The SMILES string of the molecule is COCCN(CC(Cl)=CCl)CC1CCCN1. The van der Waals surface area contributed by atoms with Crippen LogP contribution in [-0.2, 0) is 4.74 Å². The number of hydrogen-bond donors (Lipinski definition) is 1. The second-order valence-electron chi connectivity index (χ2n) is 4.08. The zero-order chi connectivity index (χ0) is 11.8. The molecule has 1 aliphatic rings. The van der Waals surface area contributed by atoms with Gasteiger partial charge in [-0.1, -0.05) is 23.2 Å². The van der Waals surface area contributed by atoms with Gasteiger partial charge in [-0.3, -0.25) is 4.90 Å². The van der Waals surface area contributed by atoms with Gasteiger partial charge in [0.1, 0.15) is 0 Å². The normalized spacial score (nSPS) is 22.0. The highest BCUT2D eigenvalue weighted by Gasteiger charge is 2.18. The van der Waals surface area contributed by atoms with Gasteiger partial charge >= 0.3 is 0 Å². The van der Waals surface area contributed by atoms with Crippen LogP contribution in [0.4, 0.5) is 0 Å². The maximum atomic E-state index is 5.95. The number of methoxy groups -OCH3 is 1. The minimum absolute atomic E-state index is 0.580. The van der Waals surface area contributed by atoms with E-state index in [9.17, 15) is 0 Å². The first-order chi connectivity index (χ1) is 7.76. The van der Waals surface area contributed by atoms with Crippen molar-refractivity contribution >= 4 is 23.2 Å². The third-order valence-corrected chi connectivity index (χ3v) is 3.35. The highest BCUT2D eigenvalue weighted by Crippen LogP contribution is 2.10. The van der Waals surface area contributed by atoms with Crippen LogP contribution in [0.1, 0.15) is 12.8 Å². The van der Waals surface area contributed by atoms with Gasteiger partial charge in [0.05, 0.1) is 6.61 Å². The lowest BCUT2D eigenvalue weighted by Gasteiger charge is -2.24. The van der Waals surface area contributed by atoms with Crippen molar-refractivity contribution < 1.29 is 4.74 Å². The van der Waals surface area contributed by atoms with E-state index in [1.54, 1.807) is 7.11 Å². The molecule has 1 atom stereocenters. The molecule has 0 aromatic carbocycles. The molecule has 0 radical (unpaired) electrons. The molecule has 1 aliphatic heterocycles. The maximum Gasteiger partial charge on any atom is 0.0589 e. The third-order valence-electron chi connectivity index (χ3n) is 2.75. The summed E-state index contributed by atoms with van der Waals surface area (Å²) < 4.78 is 5.09. The molecule has 1 unspecified atom stereocenters. The minimum Gasteiger partial charge on any atom is -0.383 e. The van der Waals surface area contributed by atoms with Gasteiger partial charge in [0.2, 0.25) is 0 Å². The highest BCUT2D eigenvalue weighted by molar-refractivity contribution is 6.36. The predicted octanol–water partition coefficient (Wildman–Crippen LogP) is 2.01. The van der Waals surface area contributed by atoms with Crippen molar-refractivity contribution in [3.63, 3.8) is 0 Å². The number of nitrogens with zero attached hydrogens (tertiary/aromatic N) is 1. The summed E-state index contributed by atoms with van der Waals surface area (Å²) >= 11 is 11.5. The molecular weight excluding hydrogens is 247 g/mol. The summed E-state index contributed by atoms with van der Waals surface area (Å²) in [5, 5.41) is 4.15. The Kier molecular flexibility index (Phi) is 7.41. The summed E-state index contributed by atoms with van der Waals surface area (Å²) in [5.74, 6) is 0. The van der Waals surface area contributed by atoms with Crippen LogP contribution in [0.2, 0.25) is 0 Å². The van der Waals surface area contributed by atoms with Crippen molar-refractivity contribution in [3.8, 4) is 0 Å². The molecule has 1 N–H and O–H groups in total. The topological polar surface area (TPSA) is 24.5 Å². The summed E-state index contributed by atoms with van der Waals surface area (Å²) in [6.45, 7) is 4.44.